The van der Waals surface area contributed by atoms with Crippen molar-refractivity contribution in [2.75, 3.05) is 12.4 Å². The Bertz CT molecular complexity index is 689. The van der Waals surface area contributed by atoms with Gasteiger partial charge in [0.2, 0.25) is 5.91 Å². The van der Waals surface area contributed by atoms with Crippen molar-refractivity contribution in [1.82, 2.24) is 10.1 Å². The highest BCUT2D eigenvalue weighted by Crippen LogP contribution is 2.17. The first kappa shape index (κ1) is 18.9. The Morgan fingerprint density at radius 2 is 2.04 bits per heavy atom. The molecule has 2 aromatic rings. The van der Waals surface area contributed by atoms with E-state index in [1.54, 1.807) is 25.1 Å². The molecule has 8 heteroatoms. The summed E-state index contributed by atoms with van der Waals surface area (Å²) < 4.78 is 33.6. The van der Waals surface area contributed by atoms with Gasteiger partial charge in [0.05, 0.1) is 6.04 Å². The largest absolute Gasteiger partial charge is 0.435 e. The summed E-state index contributed by atoms with van der Waals surface area (Å²) in [5, 5.41) is 6.47. The van der Waals surface area contributed by atoms with Gasteiger partial charge in [0.1, 0.15) is 11.5 Å². The third-order valence-electron chi connectivity index (χ3n) is 3.68. The predicted octanol–water partition coefficient (Wildman–Crippen LogP) is 3.43. The Morgan fingerprint density at radius 1 is 1.36 bits per heavy atom. The predicted molar refractivity (Wildman–Crippen MR) is 88.5 cm³/mol. The molecule has 2 rings (SSSR count). The number of likely N-dealkylation sites (N-methyl/N-ethyl adjacent to an activating group) is 1. The molecule has 1 amide bonds. The molecule has 0 bridgehead atoms. The van der Waals surface area contributed by atoms with E-state index in [-0.39, 0.29) is 17.7 Å². The number of amides is 1. The Labute approximate surface area is 144 Å². The normalized spacial score (nSPS) is 12.4. The van der Waals surface area contributed by atoms with Crippen LogP contribution < -0.4 is 10.1 Å². The Balaban J connectivity index is 1.96. The number of rotatable bonds is 8. The first-order chi connectivity index (χ1) is 11.9. The van der Waals surface area contributed by atoms with Crippen molar-refractivity contribution >= 4 is 11.7 Å². The zero-order chi connectivity index (χ0) is 18.4. The standard InChI is InChI=1S/C17H21F2N3O3/c1-4-14(16(23)20-15-9-11(2)25-21-15)22(3)10-12-5-7-13(8-6-12)24-17(18)19/h5-9,14,17H,4,10H2,1-3H3,(H,20,21,23). The second-order valence-electron chi connectivity index (χ2n) is 5.67. The number of alkyl halides is 2. The number of nitrogens with zero attached hydrogens (tertiary/aromatic N) is 2. The fourth-order valence-electron chi connectivity index (χ4n) is 2.51. The number of aryl methyl sites for hydroxylation is 1. The summed E-state index contributed by atoms with van der Waals surface area (Å²) in [6, 6.07) is 7.63. The van der Waals surface area contributed by atoms with Crippen molar-refractivity contribution in [1.29, 1.82) is 0 Å². The van der Waals surface area contributed by atoms with Gasteiger partial charge < -0.3 is 14.6 Å². The smallest absolute Gasteiger partial charge is 0.387 e. The highest BCUT2D eigenvalue weighted by atomic mass is 19.3. The summed E-state index contributed by atoms with van der Waals surface area (Å²) in [6.07, 6.45) is 0.603. The number of hydrogen-bond acceptors (Lipinski definition) is 5. The maximum Gasteiger partial charge on any atom is 0.387 e. The van der Waals surface area contributed by atoms with Gasteiger partial charge in [-0.25, -0.2) is 0 Å². The first-order valence-corrected chi connectivity index (χ1v) is 7.87. The Morgan fingerprint density at radius 3 is 2.56 bits per heavy atom. The molecule has 0 fully saturated rings. The molecule has 0 saturated carbocycles. The zero-order valence-electron chi connectivity index (χ0n) is 14.3. The summed E-state index contributed by atoms with van der Waals surface area (Å²) in [6.45, 7) is 1.29. The van der Waals surface area contributed by atoms with Gasteiger partial charge in [-0.15, -0.1) is 0 Å². The van der Waals surface area contributed by atoms with Crippen LogP contribution in [0.15, 0.2) is 34.9 Å². The van der Waals surface area contributed by atoms with Crippen molar-refractivity contribution in [2.24, 2.45) is 0 Å². The second-order valence-corrected chi connectivity index (χ2v) is 5.67. The topological polar surface area (TPSA) is 67.6 Å². The van der Waals surface area contributed by atoms with Crippen LogP contribution in [0.3, 0.4) is 0 Å². The molecule has 0 aliphatic rings. The molecule has 1 heterocycles. The minimum atomic E-state index is -2.85. The van der Waals surface area contributed by atoms with Gasteiger partial charge >= 0.3 is 6.61 Å². The van der Waals surface area contributed by atoms with Gasteiger partial charge in [0, 0.05) is 12.6 Å². The molecular formula is C17H21F2N3O3. The molecule has 25 heavy (non-hydrogen) atoms. The summed E-state index contributed by atoms with van der Waals surface area (Å²) in [4.78, 5) is 14.3. The lowest BCUT2D eigenvalue weighted by Crippen LogP contribution is -2.41. The van der Waals surface area contributed by atoms with Crippen molar-refractivity contribution in [3.05, 3.63) is 41.7 Å². The van der Waals surface area contributed by atoms with E-state index in [0.717, 1.165) is 5.56 Å². The van der Waals surface area contributed by atoms with Crippen LogP contribution in [0.5, 0.6) is 5.75 Å². The molecule has 0 saturated heterocycles. The lowest BCUT2D eigenvalue weighted by Gasteiger charge is -2.25. The highest BCUT2D eigenvalue weighted by Gasteiger charge is 2.22. The van der Waals surface area contributed by atoms with Crippen LogP contribution in [-0.4, -0.2) is 35.7 Å². The van der Waals surface area contributed by atoms with E-state index in [1.807, 2.05) is 18.9 Å². The summed E-state index contributed by atoms with van der Waals surface area (Å²) in [7, 11) is 1.82. The molecule has 1 aromatic heterocycles. The van der Waals surface area contributed by atoms with Gasteiger partial charge in [-0.3, -0.25) is 9.69 Å². The fourth-order valence-corrected chi connectivity index (χ4v) is 2.51. The van der Waals surface area contributed by atoms with Gasteiger partial charge in [-0.2, -0.15) is 8.78 Å². The van der Waals surface area contributed by atoms with Gasteiger partial charge in [-0.05, 0) is 38.1 Å². The van der Waals surface area contributed by atoms with Crippen LogP contribution in [0.1, 0.15) is 24.7 Å². The van der Waals surface area contributed by atoms with E-state index in [9.17, 15) is 13.6 Å². The molecule has 0 aliphatic carbocycles. The molecule has 1 atom stereocenters. The van der Waals surface area contributed by atoms with Crippen LogP contribution in [-0.2, 0) is 11.3 Å². The van der Waals surface area contributed by atoms with Crippen molar-refractivity contribution in [3.63, 3.8) is 0 Å². The van der Waals surface area contributed by atoms with Crippen LogP contribution in [0.25, 0.3) is 0 Å². The van der Waals surface area contributed by atoms with E-state index < -0.39 is 6.61 Å². The molecule has 1 unspecified atom stereocenters. The van der Waals surface area contributed by atoms with Crippen molar-refractivity contribution in [2.45, 2.75) is 39.5 Å². The molecule has 1 N–H and O–H groups in total. The number of carbonyl (C=O) groups is 1. The molecule has 6 nitrogen and oxygen atoms in total. The highest BCUT2D eigenvalue weighted by molar-refractivity contribution is 5.93. The van der Waals surface area contributed by atoms with Gasteiger partial charge in [0.15, 0.2) is 5.82 Å². The number of benzene rings is 1. The fraction of sp³-hybridized carbons (Fsp3) is 0.412. The molecule has 0 aliphatic heterocycles. The number of hydrogen-bond donors (Lipinski definition) is 1. The van der Waals surface area contributed by atoms with Gasteiger partial charge in [-0.1, -0.05) is 24.2 Å². The van der Waals surface area contributed by atoms with Crippen molar-refractivity contribution < 1.29 is 22.8 Å². The van der Waals surface area contributed by atoms with Crippen LogP contribution in [0.4, 0.5) is 14.6 Å². The number of ether oxygens (including phenoxy) is 1. The summed E-state index contributed by atoms with van der Waals surface area (Å²) in [5.74, 6) is 0.911. The minimum absolute atomic E-state index is 0.104. The number of halogens is 2. The van der Waals surface area contributed by atoms with E-state index in [2.05, 4.69) is 15.2 Å². The number of nitrogens with one attached hydrogen (secondary N) is 1. The summed E-state index contributed by atoms with van der Waals surface area (Å²) in [5.41, 5.74) is 0.882. The molecule has 0 radical (unpaired) electrons. The lowest BCUT2D eigenvalue weighted by molar-refractivity contribution is -0.121. The first-order valence-electron chi connectivity index (χ1n) is 7.87. The number of anilines is 1. The number of aromatic nitrogens is 1. The molecule has 1 aromatic carbocycles. The molecule has 136 valence electrons. The lowest BCUT2D eigenvalue weighted by atomic mass is 10.1. The van der Waals surface area contributed by atoms with Gasteiger partial charge in [0.25, 0.3) is 0 Å². The van der Waals surface area contributed by atoms with Crippen LogP contribution in [0, 0.1) is 6.92 Å². The third-order valence-corrected chi connectivity index (χ3v) is 3.68. The van der Waals surface area contributed by atoms with E-state index in [4.69, 9.17) is 4.52 Å². The zero-order valence-corrected chi connectivity index (χ0v) is 14.3. The molecular weight excluding hydrogens is 332 g/mol. The second kappa shape index (κ2) is 8.57. The quantitative estimate of drug-likeness (QED) is 0.787. The Kier molecular flexibility index (Phi) is 6.46. The number of carbonyl (C=O) groups excluding carboxylic acids is 1. The van der Waals surface area contributed by atoms with Crippen LogP contribution in [0.2, 0.25) is 0 Å². The monoisotopic (exact) mass is 353 g/mol. The van der Waals surface area contributed by atoms with Crippen molar-refractivity contribution in [3.8, 4) is 5.75 Å². The average Bonchev–Trinajstić information content (AvgIpc) is 2.94. The maximum absolute atomic E-state index is 12.4. The Hall–Kier alpha value is -2.48. The third kappa shape index (κ3) is 5.53. The molecule has 0 spiro atoms. The van der Waals surface area contributed by atoms with Crippen LogP contribution >= 0.6 is 0 Å². The average molecular weight is 353 g/mol. The van der Waals surface area contributed by atoms with E-state index in [1.165, 1.54) is 12.1 Å². The van der Waals surface area contributed by atoms with E-state index in [0.29, 0.717) is 24.5 Å². The maximum atomic E-state index is 12.4. The summed E-state index contributed by atoms with van der Waals surface area (Å²) >= 11 is 0. The SMILES string of the molecule is CCC(C(=O)Nc1cc(C)on1)N(C)Cc1ccc(OC(F)F)cc1. The van der Waals surface area contributed by atoms with E-state index >= 15 is 0 Å². The minimum Gasteiger partial charge on any atom is -0.435 e.